The summed E-state index contributed by atoms with van der Waals surface area (Å²) < 4.78 is 1.01. The third kappa shape index (κ3) is 2.52. The highest BCUT2D eigenvalue weighted by Gasteiger charge is 1.99. The molecule has 1 aromatic heterocycles. The van der Waals surface area contributed by atoms with E-state index in [-0.39, 0.29) is 0 Å². The van der Waals surface area contributed by atoms with Gasteiger partial charge in [-0.15, -0.1) is 0 Å². The molecule has 82 valence electrons. The molecule has 1 heterocycles. The van der Waals surface area contributed by atoms with E-state index in [1.54, 1.807) is 0 Å². The van der Waals surface area contributed by atoms with Gasteiger partial charge in [0.25, 0.3) is 0 Å². The fourth-order valence-electron chi connectivity index (χ4n) is 1.38. The van der Waals surface area contributed by atoms with Gasteiger partial charge in [-0.2, -0.15) is 0 Å². The lowest BCUT2D eigenvalue weighted by molar-refractivity contribution is 1.18. The van der Waals surface area contributed by atoms with Crippen molar-refractivity contribution < 1.29 is 0 Å². The van der Waals surface area contributed by atoms with Crippen LogP contribution in [0.1, 0.15) is 5.69 Å². The summed E-state index contributed by atoms with van der Waals surface area (Å²) in [5.41, 5.74) is 8.33. The van der Waals surface area contributed by atoms with Crippen molar-refractivity contribution in [1.82, 2.24) is 4.98 Å². The molecule has 0 saturated carbocycles. The number of aromatic nitrogens is 1. The Kier molecular flexibility index (Phi) is 3.10. The number of anilines is 3. The van der Waals surface area contributed by atoms with Crippen molar-refractivity contribution in [2.45, 2.75) is 6.92 Å². The fraction of sp³-hybridized carbons (Fsp3) is 0.0833. The smallest absolute Gasteiger partial charge is 0.130 e. The Hall–Kier alpha value is -1.55. The molecule has 0 saturated heterocycles. The number of rotatable bonds is 2. The van der Waals surface area contributed by atoms with Crippen LogP contribution in [0.3, 0.4) is 0 Å². The Morgan fingerprint density at radius 3 is 2.75 bits per heavy atom. The zero-order valence-corrected chi connectivity index (χ0v) is 10.5. The summed E-state index contributed by atoms with van der Waals surface area (Å²) >= 11 is 3.42. The minimum absolute atomic E-state index is 0.735. The number of benzene rings is 1. The minimum Gasteiger partial charge on any atom is -0.399 e. The number of aryl methyl sites for hydroxylation is 1. The molecule has 2 rings (SSSR count). The normalized spacial score (nSPS) is 10.1. The Morgan fingerprint density at radius 2 is 2.06 bits per heavy atom. The van der Waals surface area contributed by atoms with Crippen LogP contribution >= 0.6 is 15.9 Å². The second kappa shape index (κ2) is 4.53. The summed E-state index contributed by atoms with van der Waals surface area (Å²) in [4.78, 5) is 4.40. The van der Waals surface area contributed by atoms with Crippen molar-refractivity contribution in [2.75, 3.05) is 11.1 Å². The molecule has 16 heavy (non-hydrogen) atoms. The number of pyridine rings is 1. The van der Waals surface area contributed by atoms with Crippen LogP contribution in [0.15, 0.2) is 40.9 Å². The largest absolute Gasteiger partial charge is 0.399 e. The molecular weight excluding hydrogens is 266 g/mol. The highest BCUT2D eigenvalue weighted by molar-refractivity contribution is 9.10. The molecule has 0 amide bonds. The molecule has 0 spiro atoms. The SMILES string of the molecule is Cc1nc(Nc2cccc(N)c2)ccc1Br. The van der Waals surface area contributed by atoms with Gasteiger partial charge in [-0.25, -0.2) is 4.98 Å². The van der Waals surface area contributed by atoms with E-state index in [4.69, 9.17) is 5.73 Å². The molecule has 0 atom stereocenters. The highest BCUT2D eigenvalue weighted by atomic mass is 79.9. The molecule has 0 aliphatic heterocycles. The zero-order chi connectivity index (χ0) is 11.5. The van der Waals surface area contributed by atoms with Crippen molar-refractivity contribution in [3.8, 4) is 0 Å². The quantitative estimate of drug-likeness (QED) is 0.827. The maximum absolute atomic E-state index is 5.70. The molecule has 3 N–H and O–H groups in total. The number of hydrogen-bond acceptors (Lipinski definition) is 3. The molecule has 0 bridgehead atoms. The first-order valence-electron chi connectivity index (χ1n) is 4.91. The number of nitrogen functional groups attached to an aromatic ring is 1. The van der Waals surface area contributed by atoms with Gasteiger partial charge in [0.15, 0.2) is 0 Å². The summed E-state index contributed by atoms with van der Waals surface area (Å²) in [6, 6.07) is 11.5. The number of hydrogen-bond donors (Lipinski definition) is 2. The molecule has 4 heteroatoms. The molecule has 0 fully saturated rings. The third-order valence-electron chi connectivity index (χ3n) is 2.18. The van der Waals surface area contributed by atoms with Gasteiger partial charge in [0.05, 0.1) is 5.69 Å². The van der Waals surface area contributed by atoms with Gasteiger partial charge in [-0.3, -0.25) is 0 Å². The van der Waals surface area contributed by atoms with Crippen LogP contribution in [-0.2, 0) is 0 Å². The summed E-state index contributed by atoms with van der Waals surface area (Å²) in [6.45, 7) is 1.95. The predicted octanol–water partition coefficient (Wildman–Crippen LogP) is 3.48. The third-order valence-corrected chi connectivity index (χ3v) is 3.02. The topological polar surface area (TPSA) is 50.9 Å². The number of nitrogens with two attached hydrogens (primary N) is 1. The van der Waals surface area contributed by atoms with Crippen molar-refractivity contribution >= 4 is 33.1 Å². The second-order valence-electron chi connectivity index (χ2n) is 3.51. The van der Waals surface area contributed by atoms with Crippen LogP contribution in [0.5, 0.6) is 0 Å². The van der Waals surface area contributed by atoms with E-state index in [1.807, 2.05) is 43.3 Å². The van der Waals surface area contributed by atoms with Crippen molar-refractivity contribution in [1.29, 1.82) is 0 Å². The number of halogens is 1. The minimum atomic E-state index is 0.735. The van der Waals surface area contributed by atoms with E-state index >= 15 is 0 Å². The van der Waals surface area contributed by atoms with Gasteiger partial charge < -0.3 is 11.1 Å². The lowest BCUT2D eigenvalue weighted by Crippen LogP contribution is -1.96. The lowest BCUT2D eigenvalue weighted by atomic mass is 10.3. The first-order chi connectivity index (χ1) is 7.65. The van der Waals surface area contributed by atoms with Crippen LogP contribution in [0.2, 0.25) is 0 Å². The van der Waals surface area contributed by atoms with Crippen LogP contribution < -0.4 is 11.1 Å². The number of nitrogens with zero attached hydrogens (tertiary/aromatic N) is 1. The Bertz CT molecular complexity index is 511. The maximum atomic E-state index is 5.70. The van der Waals surface area contributed by atoms with Crippen molar-refractivity contribution in [3.05, 3.63) is 46.6 Å². The monoisotopic (exact) mass is 277 g/mol. The Balaban J connectivity index is 2.24. The zero-order valence-electron chi connectivity index (χ0n) is 8.87. The second-order valence-corrected chi connectivity index (χ2v) is 4.37. The maximum Gasteiger partial charge on any atom is 0.130 e. The lowest BCUT2D eigenvalue weighted by Gasteiger charge is -2.07. The molecule has 0 radical (unpaired) electrons. The summed E-state index contributed by atoms with van der Waals surface area (Å²) in [7, 11) is 0. The van der Waals surface area contributed by atoms with Crippen LogP contribution in [-0.4, -0.2) is 4.98 Å². The molecule has 0 aliphatic rings. The van der Waals surface area contributed by atoms with Gasteiger partial charge in [-0.1, -0.05) is 6.07 Å². The van der Waals surface area contributed by atoms with Gasteiger partial charge in [0.2, 0.25) is 0 Å². The average Bonchev–Trinajstić information content (AvgIpc) is 2.24. The van der Waals surface area contributed by atoms with E-state index in [2.05, 4.69) is 26.2 Å². The van der Waals surface area contributed by atoms with Gasteiger partial charge in [0.1, 0.15) is 5.82 Å². The highest BCUT2D eigenvalue weighted by Crippen LogP contribution is 2.20. The Labute approximate surface area is 103 Å². The van der Waals surface area contributed by atoms with E-state index in [0.29, 0.717) is 0 Å². The molecule has 0 aliphatic carbocycles. The Morgan fingerprint density at radius 1 is 1.25 bits per heavy atom. The standard InChI is InChI=1S/C12H12BrN3/c1-8-11(13)5-6-12(15-8)16-10-4-2-3-9(14)7-10/h2-7H,14H2,1H3,(H,15,16). The first-order valence-corrected chi connectivity index (χ1v) is 5.70. The van der Waals surface area contributed by atoms with E-state index < -0.39 is 0 Å². The average molecular weight is 278 g/mol. The predicted molar refractivity (Wildman–Crippen MR) is 70.8 cm³/mol. The van der Waals surface area contributed by atoms with E-state index in [9.17, 15) is 0 Å². The van der Waals surface area contributed by atoms with E-state index in [1.165, 1.54) is 0 Å². The van der Waals surface area contributed by atoms with E-state index in [0.717, 1.165) is 27.4 Å². The summed E-state index contributed by atoms with van der Waals surface area (Å²) in [5, 5.41) is 3.20. The molecule has 1 aromatic carbocycles. The molecule has 2 aromatic rings. The van der Waals surface area contributed by atoms with Crippen molar-refractivity contribution in [2.24, 2.45) is 0 Å². The van der Waals surface area contributed by atoms with Crippen LogP contribution in [0, 0.1) is 6.92 Å². The first kappa shape index (κ1) is 11.0. The fourth-order valence-corrected chi connectivity index (χ4v) is 1.60. The molecule has 0 unspecified atom stereocenters. The van der Waals surface area contributed by atoms with Crippen LogP contribution in [0.4, 0.5) is 17.2 Å². The summed E-state index contributed by atoms with van der Waals surface area (Å²) in [6.07, 6.45) is 0. The van der Waals surface area contributed by atoms with Crippen LogP contribution in [0.25, 0.3) is 0 Å². The molecule has 3 nitrogen and oxygen atoms in total. The molecular formula is C12H12BrN3. The van der Waals surface area contributed by atoms with Gasteiger partial charge >= 0.3 is 0 Å². The summed E-state index contributed by atoms with van der Waals surface area (Å²) in [5.74, 6) is 0.811. The van der Waals surface area contributed by atoms with Gasteiger partial charge in [0, 0.05) is 15.8 Å². The van der Waals surface area contributed by atoms with Gasteiger partial charge in [-0.05, 0) is 53.2 Å². The van der Waals surface area contributed by atoms with Crippen molar-refractivity contribution in [3.63, 3.8) is 0 Å². The number of nitrogens with one attached hydrogen (secondary N) is 1.